The second-order valence-corrected chi connectivity index (χ2v) is 22.0. The van der Waals surface area contributed by atoms with Crippen molar-refractivity contribution in [3.8, 4) is 5.75 Å². The summed E-state index contributed by atoms with van der Waals surface area (Å²) in [5.41, 5.74) is 4.37. The maximum absolute atomic E-state index is 14.0. The van der Waals surface area contributed by atoms with E-state index in [9.17, 15) is 19.5 Å². The summed E-state index contributed by atoms with van der Waals surface area (Å²) in [6.45, 7) is 20.9. The Hall–Kier alpha value is -3.69. The molecule has 5 rings (SSSR count). The third-order valence-corrected chi connectivity index (χ3v) is 17.1. The smallest absolute Gasteiger partial charge is 0.416 e. The number of benzene rings is 2. The van der Waals surface area contributed by atoms with Gasteiger partial charge in [-0.25, -0.2) is 9.69 Å². The molecule has 51 heavy (non-hydrogen) atoms. The molecule has 0 bridgehead atoms. The quantitative estimate of drug-likeness (QED) is 0.133. The second kappa shape index (κ2) is 15.1. The molecule has 1 N–H and O–H groups in total. The summed E-state index contributed by atoms with van der Waals surface area (Å²) < 4.78 is 18.1. The summed E-state index contributed by atoms with van der Waals surface area (Å²) in [5, 5.41) is 12.0. The standard InChI is InChI=1S/C42H57NO7Si/c1-25(2)51(26(3)4,27(5)6)50-32-17-19-33-30(21-32)16-18-34-35(33)22-37(36(34)23-38(44)49-42(8,9)10)39(45)28(7)40(46)43-31(24-48-41(43)47)20-29-14-12-11-13-15-29/h11-19,21-22,25-28,31,34-36,39,45H,20,23-24H2,1-10H3/t28-,31-,34+,35-,36-,39-/m0/s1. The minimum atomic E-state index is -2.17. The first-order valence-electron chi connectivity index (χ1n) is 18.6. The summed E-state index contributed by atoms with van der Waals surface area (Å²) in [6, 6.07) is 15.5. The van der Waals surface area contributed by atoms with Crippen LogP contribution >= 0.6 is 0 Å². The lowest BCUT2D eigenvalue weighted by molar-refractivity contribution is -0.156. The largest absolute Gasteiger partial charge is 0.543 e. The van der Waals surface area contributed by atoms with E-state index in [-0.39, 0.29) is 30.8 Å². The van der Waals surface area contributed by atoms with Crippen molar-refractivity contribution in [1.29, 1.82) is 0 Å². The number of ether oxygens (including phenoxy) is 2. The van der Waals surface area contributed by atoms with Crippen molar-refractivity contribution in [3.63, 3.8) is 0 Å². The predicted octanol–water partition coefficient (Wildman–Crippen LogP) is 8.84. The first-order valence-corrected chi connectivity index (χ1v) is 20.7. The molecular weight excluding hydrogens is 659 g/mol. The zero-order chi connectivity index (χ0) is 37.4. The molecule has 0 spiro atoms. The number of carbonyl (C=O) groups is 3. The summed E-state index contributed by atoms with van der Waals surface area (Å²) in [5.74, 6) is -1.59. The first-order chi connectivity index (χ1) is 23.9. The van der Waals surface area contributed by atoms with Gasteiger partial charge in [0.05, 0.1) is 24.5 Å². The van der Waals surface area contributed by atoms with Gasteiger partial charge in [0.25, 0.3) is 8.32 Å². The van der Waals surface area contributed by atoms with Crippen molar-refractivity contribution in [1.82, 2.24) is 4.90 Å². The molecule has 1 aliphatic heterocycles. The predicted molar refractivity (Wildman–Crippen MR) is 203 cm³/mol. The third kappa shape index (κ3) is 7.89. The third-order valence-electron chi connectivity index (χ3n) is 11.1. The number of fused-ring (bicyclic) bond motifs is 3. The number of nitrogens with zero attached hydrogens (tertiary/aromatic N) is 1. The fourth-order valence-electron chi connectivity index (χ4n) is 8.85. The lowest BCUT2D eigenvalue weighted by atomic mass is 9.75. The number of aliphatic hydroxyl groups is 1. The highest BCUT2D eigenvalue weighted by atomic mass is 28.4. The lowest BCUT2D eigenvalue weighted by Gasteiger charge is -2.42. The van der Waals surface area contributed by atoms with Crippen molar-refractivity contribution in [3.05, 3.63) is 82.9 Å². The molecule has 0 unspecified atom stereocenters. The highest BCUT2D eigenvalue weighted by molar-refractivity contribution is 6.78. The monoisotopic (exact) mass is 715 g/mol. The molecule has 6 atom stereocenters. The topological polar surface area (TPSA) is 102 Å². The number of rotatable bonds is 12. The first kappa shape index (κ1) is 38.5. The molecule has 3 aliphatic rings. The Balaban J connectivity index is 1.45. The van der Waals surface area contributed by atoms with Crippen molar-refractivity contribution < 1.29 is 33.4 Å². The van der Waals surface area contributed by atoms with Gasteiger partial charge in [0.1, 0.15) is 18.0 Å². The van der Waals surface area contributed by atoms with Crippen LogP contribution in [0.15, 0.2) is 66.3 Å². The van der Waals surface area contributed by atoms with Crippen LogP contribution < -0.4 is 4.43 Å². The molecule has 1 saturated heterocycles. The molecule has 2 aromatic rings. The van der Waals surface area contributed by atoms with E-state index in [1.807, 2.05) is 57.2 Å². The van der Waals surface area contributed by atoms with Gasteiger partial charge in [0.15, 0.2) is 0 Å². The Morgan fingerprint density at radius 1 is 0.980 bits per heavy atom. The van der Waals surface area contributed by atoms with Crippen LogP contribution in [0.5, 0.6) is 5.75 Å². The Bertz CT molecular complexity index is 1630. The highest BCUT2D eigenvalue weighted by Crippen LogP contribution is 2.51. The average molecular weight is 716 g/mol. The zero-order valence-corrected chi connectivity index (χ0v) is 33.0. The lowest BCUT2D eigenvalue weighted by Crippen LogP contribution is -2.50. The van der Waals surface area contributed by atoms with E-state index < -0.39 is 49.9 Å². The van der Waals surface area contributed by atoms with Crippen molar-refractivity contribution in [2.24, 2.45) is 17.8 Å². The Morgan fingerprint density at radius 3 is 2.24 bits per heavy atom. The Morgan fingerprint density at radius 2 is 1.63 bits per heavy atom. The highest BCUT2D eigenvalue weighted by Gasteiger charge is 2.49. The molecule has 276 valence electrons. The Kier molecular flexibility index (Phi) is 11.4. The summed E-state index contributed by atoms with van der Waals surface area (Å²) >= 11 is 0. The minimum Gasteiger partial charge on any atom is -0.543 e. The molecule has 1 fully saturated rings. The number of aliphatic hydroxyl groups excluding tert-OH is 1. The van der Waals surface area contributed by atoms with Gasteiger partial charge in [-0.1, -0.05) is 103 Å². The molecule has 0 radical (unpaired) electrons. The van der Waals surface area contributed by atoms with Crippen molar-refractivity contribution >= 4 is 32.4 Å². The van der Waals surface area contributed by atoms with Gasteiger partial charge in [-0.2, -0.15) is 0 Å². The molecule has 8 nitrogen and oxygen atoms in total. The van der Waals surface area contributed by atoms with Crippen LogP contribution in [0.3, 0.4) is 0 Å². The molecule has 2 aromatic carbocycles. The maximum Gasteiger partial charge on any atom is 0.416 e. The molecular formula is C42H57NO7Si. The van der Waals surface area contributed by atoms with E-state index in [0.29, 0.717) is 28.6 Å². The molecule has 0 saturated carbocycles. The van der Waals surface area contributed by atoms with E-state index in [2.05, 4.69) is 71.9 Å². The van der Waals surface area contributed by atoms with Gasteiger partial charge in [0.2, 0.25) is 5.91 Å². The zero-order valence-electron chi connectivity index (χ0n) is 32.0. The number of esters is 1. The number of hydrogen-bond donors (Lipinski definition) is 1. The van der Waals surface area contributed by atoms with E-state index in [1.54, 1.807) is 6.92 Å². The van der Waals surface area contributed by atoms with Crippen molar-refractivity contribution in [2.45, 2.75) is 122 Å². The van der Waals surface area contributed by atoms with Crippen LogP contribution in [-0.4, -0.2) is 60.6 Å². The molecule has 2 amide bonds. The van der Waals surface area contributed by atoms with E-state index >= 15 is 0 Å². The second-order valence-electron chi connectivity index (χ2n) is 16.6. The summed E-state index contributed by atoms with van der Waals surface area (Å²) in [7, 11) is -2.17. The van der Waals surface area contributed by atoms with Gasteiger partial charge in [-0.3, -0.25) is 9.59 Å². The average Bonchev–Trinajstić information content (AvgIpc) is 3.60. The van der Waals surface area contributed by atoms with Crippen LogP contribution in [0.25, 0.3) is 6.08 Å². The van der Waals surface area contributed by atoms with E-state index in [4.69, 9.17) is 13.9 Å². The fraction of sp³-hybridized carbons (Fsp3) is 0.548. The van der Waals surface area contributed by atoms with Gasteiger partial charge in [0, 0.05) is 5.92 Å². The van der Waals surface area contributed by atoms with Crippen molar-refractivity contribution in [2.75, 3.05) is 6.61 Å². The van der Waals surface area contributed by atoms with Gasteiger partial charge >= 0.3 is 12.1 Å². The normalized spacial score (nSPS) is 22.8. The summed E-state index contributed by atoms with van der Waals surface area (Å²) in [4.78, 5) is 41.4. The van der Waals surface area contributed by atoms with E-state index in [1.165, 1.54) is 0 Å². The number of hydrogen-bond acceptors (Lipinski definition) is 7. The minimum absolute atomic E-state index is 0.0524. The Labute approximate surface area is 305 Å². The van der Waals surface area contributed by atoms with Crippen LogP contribution in [0.4, 0.5) is 4.79 Å². The molecule has 2 aliphatic carbocycles. The van der Waals surface area contributed by atoms with Gasteiger partial charge in [-0.15, -0.1) is 0 Å². The summed E-state index contributed by atoms with van der Waals surface area (Å²) in [6.07, 6.45) is 4.84. The van der Waals surface area contributed by atoms with Crippen LogP contribution in [0, 0.1) is 17.8 Å². The number of allylic oxidation sites excluding steroid dienone is 2. The van der Waals surface area contributed by atoms with E-state index in [0.717, 1.165) is 27.3 Å². The molecule has 9 heteroatoms. The van der Waals surface area contributed by atoms with Crippen LogP contribution in [0.1, 0.15) is 98.3 Å². The number of imide groups is 1. The van der Waals surface area contributed by atoms with Crippen LogP contribution in [0.2, 0.25) is 16.6 Å². The number of cyclic esters (lactones) is 1. The number of carbonyl (C=O) groups excluding carboxylic acids is 3. The molecule has 1 heterocycles. The number of amides is 2. The molecule has 0 aromatic heterocycles. The van der Waals surface area contributed by atoms with Crippen LogP contribution in [-0.2, 0) is 25.5 Å². The van der Waals surface area contributed by atoms with Gasteiger partial charge in [-0.05, 0) is 90.0 Å². The fourth-order valence-corrected chi connectivity index (χ4v) is 14.1. The maximum atomic E-state index is 14.0. The SMILES string of the molecule is CC(C)[Si](Oc1ccc2c(c1)C=C[C@H]1[C@H](CC(=O)OC(C)(C)C)C([C@@H](O)[C@H](C)C(=O)N3C(=O)OC[C@@H]3Cc3ccccc3)=C[C@@H]21)(C(C)C)C(C)C. The van der Waals surface area contributed by atoms with Gasteiger partial charge < -0.3 is 19.0 Å².